The van der Waals surface area contributed by atoms with Crippen molar-refractivity contribution in [1.82, 2.24) is 5.32 Å². The van der Waals surface area contributed by atoms with Crippen molar-refractivity contribution in [2.45, 2.75) is 51.3 Å². The van der Waals surface area contributed by atoms with Crippen molar-refractivity contribution < 1.29 is 14.3 Å². The number of amides is 1. The maximum atomic E-state index is 12.5. The standard InChI is InChI=1S/C18H26N2O3/c1-12(2)9-15(16(21)18(3)11-23-18)20-17(22)14(19)10-13-7-5-4-6-8-13/h4-8,12,14-15H,9-11,19H2,1-3H3,(H,20,22)/t14-,15?,18?/m0/s1. The molecule has 3 atom stereocenters. The molecule has 0 aliphatic carbocycles. The van der Waals surface area contributed by atoms with Crippen LogP contribution >= 0.6 is 0 Å². The number of benzene rings is 1. The van der Waals surface area contributed by atoms with E-state index in [1.807, 2.05) is 44.2 Å². The molecule has 0 radical (unpaired) electrons. The number of carbonyl (C=O) groups is 2. The Hall–Kier alpha value is -1.72. The van der Waals surface area contributed by atoms with E-state index >= 15 is 0 Å². The zero-order valence-electron chi connectivity index (χ0n) is 14.0. The van der Waals surface area contributed by atoms with Gasteiger partial charge in [0.25, 0.3) is 0 Å². The van der Waals surface area contributed by atoms with Crippen molar-refractivity contribution in [2.75, 3.05) is 6.61 Å². The Kier molecular flexibility index (Phi) is 5.55. The molecule has 5 nitrogen and oxygen atoms in total. The molecule has 0 spiro atoms. The molecule has 5 heteroatoms. The Labute approximate surface area is 137 Å². The van der Waals surface area contributed by atoms with Gasteiger partial charge in [0.05, 0.1) is 18.7 Å². The van der Waals surface area contributed by atoms with E-state index in [1.165, 1.54) is 0 Å². The van der Waals surface area contributed by atoms with Crippen LogP contribution < -0.4 is 11.1 Å². The molecule has 0 bridgehead atoms. The van der Waals surface area contributed by atoms with Gasteiger partial charge in [0, 0.05) is 0 Å². The fraction of sp³-hybridized carbons (Fsp3) is 0.556. The highest BCUT2D eigenvalue weighted by Crippen LogP contribution is 2.29. The van der Waals surface area contributed by atoms with Crippen LogP contribution in [0.5, 0.6) is 0 Å². The van der Waals surface area contributed by atoms with Gasteiger partial charge in [-0.3, -0.25) is 9.59 Å². The highest BCUT2D eigenvalue weighted by atomic mass is 16.6. The Morgan fingerprint density at radius 1 is 1.30 bits per heavy atom. The maximum Gasteiger partial charge on any atom is 0.237 e. The Balaban J connectivity index is 1.97. The number of carbonyl (C=O) groups excluding carboxylic acids is 2. The number of nitrogens with one attached hydrogen (secondary N) is 1. The van der Waals surface area contributed by atoms with Crippen molar-refractivity contribution >= 4 is 11.7 Å². The second kappa shape index (κ2) is 7.23. The first kappa shape index (κ1) is 17.6. The van der Waals surface area contributed by atoms with Crippen molar-refractivity contribution in [3.63, 3.8) is 0 Å². The predicted octanol–water partition coefficient (Wildman–Crippen LogP) is 1.45. The van der Waals surface area contributed by atoms with Crippen LogP contribution in [-0.2, 0) is 20.7 Å². The van der Waals surface area contributed by atoms with Crippen molar-refractivity contribution in [3.05, 3.63) is 35.9 Å². The molecule has 1 saturated heterocycles. The number of Topliss-reactive ketones (excluding diaryl/α,β-unsaturated/α-hetero) is 1. The fourth-order valence-electron chi connectivity index (χ4n) is 2.56. The molecule has 0 aromatic heterocycles. The van der Waals surface area contributed by atoms with Crippen LogP contribution in [-0.4, -0.2) is 36.0 Å². The van der Waals surface area contributed by atoms with Gasteiger partial charge in [0.15, 0.2) is 5.78 Å². The first-order valence-electron chi connectivity index (χ1n) is 8.10. The maximum absolute atomic E-state index is 12.5. The normalized spacial score (nSPS) is 22.5. The second-order valence-corrected chi connectivity index (χ2v) is 6.87. The van der Waals surface area contributed by atoms with Gasteiger partial charge in [-0.2, -0.15) is 0 Å². The van der Waals surface area contributed by atoms with E-state index in [2.05, 4.69) is 5.32 Å². The summed E-state index contributed by atoms with van der Waals surface area (Å²) in [6.07, 6.45) is 1.03. The molecule has 3 N–H and O–H groups in total. The lowest BCUT2D eigenvalue weighted by molar-refractivity contribution is -0.131. The first-order valence-corrected chi connectivity index (χ1v) is 8.10. The van der Waals surface area contributed by atoms with E-state index in [4.69, 9.17) is 10.5 Å². The van der Waals surface area contributed by atoms with E-state index in [-0.39, 0.29) is 17.6 Å². The summed E-state index contributed by atoms with van der Waals surface area (Å²) in [4.78, 5) is 24.9. The van der Waals surface area contributed by atoms with E-state index in [0.29, 0.717) is 19.4 Å². The van der Waals surface area contributed by atoms with Crippen LogP contribution in [0.3, 0.4) is 0 Å². The van der Waals surface area contributed by atoms with Gasteiger partial charge in [-0.25, -0.2) is 0 Å². The molecule has 2 rings (SSSR count). The van der Waals surface area contributed by atoms with Crippen LogP contribution in [0.1, 0.15) is 32.8 Å². The lowest BCUT2D eigenvalue weighted by Gasteiger charge is -2.23. The van der Waals surface area contributed by atoms with E-state index in [9.17, 15) is 9.59 Å². The summed E-state index contributed by atoms with van der Waals surface area (Å²) in [5.74, 6) is -0.0690. The van der Waals surface area contributed by atoms with Gasteiger partial charge in [-0.05, 0) is 31.2 Å². The summed E-state index contributed by atoms with van der Waals surface area (Å²) < 4.78 is 5.23. The third kappa shape index (κ3) is 4.88. The van der Waals surface area contributed by atoms with Crippen LogP contribution in [0, 0.1) is 5.92 Å². The lowest BCUT2D eigenvalue weighted by atomic mass is 9.93. The van der Waals surface area contributed by atoms with Crippen LogP contribution in [0.15, 0.2) is 30.3 Å². The van der Waals surface area contributed by atoms with Gasteiger partial charge in [-0.1, -0.05) is 44.2 Å². The summed E-state index contributed by atoms with van der Waals surface area (Å²) in [7, 11) is 0. The van der Waals surface area contributed by atoms with Crippen molar-refractivity contribution in [2.24, 2.45) is 11.7 Å². The number of rotatable bonds is 8. The van der Waals surface area contributed by atoms with Crippen molar-refractivity contribution in [1.29, 1.82) is 0 Å². The number of nitrogens with two attached hydrogens (primary N) is 1. The van der Waals surface area contributed by atoms with Gasteiger partial charge in [-0.15, -0.1) is 0 Å². The largest absolute Gasteiger partial charge is 0.361 e. The predicted molar refractivity (Wildman–Crippen MR) is 88.9 cm³/mol. The quantitative estimate of drug-likeness (QED) is 0.710. The minimum Gasteiger partial charge on any atom is -0.361 e. The number of hydrogen-bond acceptors (Lipinski definition) is 4. The average Bonchev–Trinajstić information content (AvgIpc) is 3.25. The van der Waals surface area contributed by atoms with Gasteiger partial charge >= 0.3 is 0 Å². The molecule has 1 aromatic carbocycles. The van der Waals surface area contributed by atoms with E-state index < -0.39 is 17.7 Å². The third-order valence-corrected chi connectivity index (χ3v) is 4.07. The SMILES string of the molecule is CC(C)CC(NC(=O)[C@@H](N)Cc1ccccc1)C(=O)C1(C)CO1. The number of hydrogen-bond donors (Lipinski definition) is 2. The molecule has 2 unspecified atom stereocenters. The molecule has 1 heterocycles. The molecule has 0 saturated carbocycles. The molecule has 1 aliphatic heterocycles. The van der Waals surface area contributed by atoms with Crippen molar-refractivity contribution in [3.8, 4) is 0 Å². The minimum atomic E-state index is -0.740. The zero-order chi connectivity index (χ0) is 17.0. The molecular formula is C18H26N2O3. The summed E-state index contributed by atoms with van der Waals surface area (Å²) in [6, 6.07) is 8.39. The highest BCUT2D eigenvalue weighted by molar-refractivity contribution is 5.97. The molecular weight excluding hydrogens is 292 g/mol. The monoisotopic (exact) mass is 318 g/mol. The smallest absolute Gasteiger partial charge is 0.237 e. The lowest BCUT2D eigenvalue weighted by Crippen LogP contribution is -2.52. The molecule has 23 heavy (non-hydrogen) atoms. The summed E-state index contributed by atoms with van der Waals surface area (Å²) >= 11 is 0. The highest BCUT2D eigenvalue weighted by Gasteiger charge is 2.50. The molecule has 1 aromatic rings. The minimum absolute atomic E-state index is 0.0635. The Bertz CT molecular complexity index is 553. The third-order valence-electron chi connectivity index (χ3n) is 4.07. The number of ketones is 1. The molecule has 1 aliphatic rings. The van der Waals surface area contributed by atoms with Gasteiger partial charge in [0.2, 0.25) is 5.91 Å². The van der Waals surface area contributed by atoms with Crippen LogP contribution in [0.4, 0.5) is 0 Å². The number of epoxide rings is 1. The average molecular weight is 318 g/mol. The molecule has 126 valence electrons. The second-order valence-electron chi connectivity index (χ2n) is 6.87. The van der Waals surface area contributed by atoms with Gasteiger partial charge in [0.1, 0.15) is 5.60 Å². The Morgan fingerprint density at radius 2 is 1.91 bits per heavy atom. The van der Waals surface area contributed by atoms with Gasteiger partial charge < -0.3 is 15.8 Å². The zero-order valence-corrected chi connectivity index (χ0v) is 14.0. The van der Waals surface area contributed by atoms with Crippen LogP contribution in [0.2, 0.25) is 0 Å². The molecule has 1 fully saturated rings. The molecule has 1 amide bonds. The van der Waals surface area contributed by atoms with Crippen LogP contribution in [0.25, 0.3) is 0 Å². The summed E-state index contributed by atoms with van der Waals surface area (Å²) in [6.45, 7) is 6.23. The first-order chi connectivity index (χ1) is 10.8. The summed E-state index contributed by atoms with van der Waals surface area (Å²) in [5, 5.41) is 2.82. The van der Waals surface area contributed by atoms with E-state index in [0.717, 1.165) is 5.56 Å². The Morgan fingerprint density at radius 3 is 2.43 bits per heavy atom. The fourth-order valence-corrected chi connectivity index (χ4v) is 2.56. The van der Waals surface area contributed by atoms with E-state index in [1.54, 1.807) is 6.92 Å². The summed E-state index contributed by atoms with van der Waals surface area (Å²) in [5.41, 5.74) is 6.26. The number of ether oxygens (including phenoxy) is 1. The topological polar surface area (TPSA) is 84.7 Å².